The molecule has 3 rings (SSSR count). The van der Waals surface area contributed by atoms with Gasteiger partial charge in [-0.15, -0.1) is 0 Å². The Labute approximate surface area is 167 Å². The summed E-state index contributed by atoms with van der Waals surface area (Å²) in [4.78, 5) is 9.82. The Bertz CT molecular complexity index is 881. The van der Waals surface area contributed by atoms with E-state index in [2.05, 4.69) is 17.4 Å². The second-order valence-corrected chi connectivity index (χ2v) is 8.77. The van der Waals surface area contributed by atoms with Crippen LogP contribution in [0.5, 0.6) is 0 Å². The van der Waals surface area contributed by atoms with Crippen molar-refractivity contribution in [1.82, 2.24) is 14.8 Å². The molecule has 0 saturated carbocycles. The fourth-order valence-corrected chi connectivity index (χ4v) is 4.39. The largest absolute Gasteiger partial charge is 0.272 e. The Kier molecular flexibility index (Phi) is 7.19. The zero-order chi connectivity index (χ0) is 19.8. The van der Waals surface area contributed by atoms with Crippen LogP contribution in [0.25, 0.3) is 0 Å². The Hall–Kier alpha value is -2.22. The van der Waals surface area contributed by atoms with Crippen molar-refractivity contribution < 1.29 is 13.3 Å². The maximum atomic E-state index is 12.9. The highest BCUT2D eigenvalue weighted by Crippen LogP contribution is 2.21. The standard InChI is InChI=1S/C21H27N3O3S/c1-2-3-4-18-5-7-21(8-6-18)28(25,26)24-15-11-20(12-16-24)23-27-17-19-9-13-22-14-10-19/h5-11,13-14,23H,2-4,12,15-17H2,1H3. The van der Waals surface area contributed by atoms with Crippen molar-refractivity contribution in [3.8, 4) is 0 Å². The third kappa shape index (κ3) is 5.41. The molecule has 7 heteroatoms. The first-order valence-corrected chi connectivity index (χ1v) is 11.1. The van der Waals surface area contributed by atoms with Gasteiger partial charge in [0.1, 0.15) is 0 Å². The number of aromatic nitrogens is 1. The van der Waals surface area contributed by atoms with E-state index in [0.717, 1.165) is 30.5 Å². The molecule has 1 aliphatic rings. The second-order valence-electron chi connectivity index (χ2n) is 6.84. The van der Waals surface area contributed by atoms with Crippen LogP contribution in [0, 0.1) is 0 Å². The second kappa shape index (κ2) is 9.82. The summed E-state index contributed by atoms with van der Waals surface area (Å²) >= 11 is 0. The summed E-state index contributed by atoms with van der Waals surface area (Å²) in [7, 11) is -3.47. The highest BCUT2D eigenvalue weighted by Gasteiger charge is 2.26. The number of hydroxylamine groups is 1. The summed E-state index contributed by atoms with van der Waals surface area (Å²) < 4.78 is 27.2. The average Bonchev–Trinajstić information content (AvgIpc) is 2.74. The Morgan fingerprint density at radius 3 is 2.50 bits per heavy atom. The first-order chi connectivity index (χ1) is 13.6. The number of rotatable bonds is 9. The average molecular weight is 402 g/mol. The molecule has 1 aliphatic heterocycles. The van der Waals surface area contributed by atoms with E-state index in [1.807, 2.05) is 30.3 Å². The SMILES string of the molecule is CCCCc1ccc(S(=O)(=O)N2CC=C(NOCc3ccncc3)CC2)cc1. The van der Waals surface area contributed by atoms with Crippen molar-refractivity contribution >= 4 is 10.0 Å². The molecule has 6 nitrogen and oxygen atoms in total. The number of aryl methyl sites for hydroxylation is 1. The quantitative estimate of drug-likeness (QED) is 0.652. The molecule has 0 unspecified atom stereocenters. The Morgan fingerprint density at radius 2 is 1.86 bits per heavy atom. The smallest absolute Gasteiger partial charge is 0.243 e. The van der Waals surface area contributed by atoms with Crippen LogP contribution in [0.2, 0.25) is 0 Å². The van der Waals surface area contributed by atoms with E-state index in [1.165, 1.54) is 9.87 Å². The Morgan fingerprint density at radius 1 is 1.11 bits per heavy atom. The van der Waals surface area contributed by atoms with E-state index >= 15 is 0 Å². The number of nitrogens with one attached hydrogen (secondary N) is 1. The minimum absolute atomic E-state index is 0.334. The number of hydrogen-bond donors (Lipinski definition) is 1. The molecule has 0 bridgehead atoms. The van der Waals surface area contributed by atoms with Gasteiger partial charge in [-0.3, -0.25) is 15.3 Å². The molecule has 1 aromatic heterocycles. The minimum Gasteiger partial charge on any atom is -0.272 e. The molecule has 0 amide bonds. The first kappa shape index (κ1) is 20.5. The monoisotopic (exact) mass is 401 g/mol. The van der Waals surface area contributed by atoms with Crippen LogP contribution in [0.3, 0.4) is 0 Å². The minimum atomic E-state index is -3.47. The summed E-state index contributed by atoms with van der Waals surface area (Å²) in [6.07, 6.45) is 9.12. The van der Waals surface area contributed by atoms with E-state index in [1.54, 1.807) is 24.5 Å². The van der Waals surface area contributed by atoms with Crippen molar-refractivity contribution in [1.29, 1.82) is 0 Å². The number of benzene rings is 1. The molecule has 0 fully saturated rings. The van der Waals surface area contributed by atoms with Crippen molar-refractivity contribution in [2.24, 2.45) is 0 Å². The zero-order valence-corrected chi connectivity index (χ0v) is 17.0. The molecule has 0 spiro atoms. The molecular weight excluding hydrogens is 374 g/mol. The van der Waals surface area contributed by atoms with Gasteiger partial charge in [0.05, 0.1) is 11.5 Å². The van der Waals surface area contributed by atoms with Gasteiger partial charge >= 0.3 is 0 Å². The lowest BCUT2D eigenvalue weighted by Gasteiger charge is -2.26. The van der Waals surface area contributed by atoms with Gasteiger partial charge in [0.2, 0.25) is 10.0 Å². The summed E-state index contributed by atoms with van der Waals surface area (Å²) in [5.74, 6) is 0. The number of pyridine rings is 1. The van der Waals surface area contributed by atoms with Gasteiger partial charge in [-0.2, -0.15) is 4.31 Å². The lowest BCUT2D eigenvalue weighted by atomic mass is 10.1. The molecular formula is C21H27N3O3S. The lowest BCUT2D eigenvalue weighted by Crippen LogP contribution is -2.36. The summed E-state index contributed by atoms with van der Waals surface area (Å²) in [5.41, 5.74) is 6.02. The van der Waals surface area contributed by atoms with E-state index in [-0.39, 0.29) is 0 Å². The molecule has 2 heterocycles. The van der Waals surface area contributed by atoms with Crippen molar-refractivity contribution in [3.05, 3.63) is 71.7 Å². The third-order valence-corrected chi connectivity index (χ3v) is 6.62. The molecule has 150 valence electrons. The first-order valence-electron chi connectivity index (χ1n) is 9.64. The number of hydrogen-bond acceptors (Lipinski definition) is 5. The normalized spacial score (nSPS) is 15.2. The van der Waals surface area contributed by atoms with Gasteiger partial charge in [0.15, 0.2) is 0 Å². The predicted molar refractivity (Wildman–Crippen MR) is 109 cm³/mol. The van der Waals surface area contributed by atoms with Gasteiger partial charge < -0.3 is 0 Å². The van der Waals surface area contributed by atoms with Crippen molar-refractivity contribution in [3.63, 3.8) is 0 Å². The summed E-state index contributed by atoms with van der Waals surface area (Å²) in [5, 5.41) is 0. The van der Waals surface area contributed by atoms with Crippen molar-refractivity contribution in [2.75, 3.05) is 13.1 Å². The van der Waals surface area contributed by atoms with Gasteiger partial charge in [-0.05, 0) is 54.3 Å². The fourth-order valence-electron chi connectivity index (χ4n) is 3.01. The molecule has 0 radical (unpaired) electrons. The van der Waals surface area contributed by atoms with Gasteiger partial charge in [0.25, 0.3) is 0 Å². The molecule has 2 aromatic rings. The maximum absolute atomic E-state index is 12.9. The van der Waals surface area contributed by atoms with Gasteiger partial charge in [-0.1, -0.05) is 25.5 Å². The number of unbranched alkanes of at least 4 members (excludes halogenated alkanes) is 1. The maximum Gasteiger partial charge on any atom is 0.243 e. The van der Waals surface area contributed by atoms with E-state index in [0.29, 0.717) is 31.0 Å². The molecule has 1 aromatic carbocycles. The van der Waals surface area contributed by atoms with Crippen molar-refractivity contribution in [2.45, 2.75) is 44.1 Å². The number of nitrogens with zero attached hydrogens (tertiary/aromatic N) is 2. The third-order valence-electron chi connectivity index (χ3n) is 4.74. The summed E-state index contributed by atoms with van der Waals surface area (Å²) in [6.45, 7) is 3.33. The number of sulfonamides is 1. The Balaban J connectivity index is 1.53. The highest BCUT2D eigenvalue weighted by molar-refractivity contribution is 7.89. The van der Waals surface area contributed by atoms with E-state index < -0.39 is 10.0 Å². The lowest BCUT2D eigenvalue weighted by molar-refractivity contribution is 0.0452. The predicted octanol–water partition coefficient (Wildman–Crippen LogP) is 3.42. The molecule has 1 N–H and O–H groups in total. The molecule has 28 heavy (non-hydrogen) atoms. The van der Waals surface area contributed by atoms with Gasteiger partial charge in [0, 0.05) is 37.6 Å². The van der Waals surface area contributed by atoms with Crippen LogP contribution in [-0.4, -0.2) is 30.8 Å². The van der Waals surface area contributed by atoms with Crippen LogP contribution in [0.4, 0.5) is 0 Å². The topological polar surface area (TPSA) is 71.5 Å². The molecule has 0 aliphatic carbocycles. The molecule has 0 atom stereocenters. The fraction of sp³-hybridized carbons (Fsp3) is 0.381. The van der Waals surface area contributed by atoms with Crippen LogP contribution >= 0.6 is 0 Å². The van der Waals surface area contributed by atoms with Crippen LogP contribution in [-0.2, 0) is 27.9 Å². The zero-order valence-electron chi connectivity index (χ0n) is 16.2. The van der Waals surface area contributed by atoms with Gasteiger partial charge in [-0.25, -0.2) is 8.42 Å². The van der Waals surface area contributed by atoms with Crippen LogP contribution in [0.1, 0.15) is 37.3 Å². The molecule has 0 saturated heterocycles. The van der Waals surface area contributed by atoms with Crippen LogP contribution in [0.15, 0.2) is 65.5 Å². The van der Waals surface area contributed by atoms with Crippen LogP contribution < -0.4 is 5.48 Å². The highest BCUT2D eigenvalue weighted by atomic mass is 32.2. The summed E-state index contributed by atoms with van der Waals surface area (Å²) in [6, 6.07) is 11.0. The van der Waals surface area contributed by atoms with E-state index in [4.69, 9.17) is 4.84 Å². The van der Waals surface area contributed by atoms with E-state index in [9.17, 15) is 8.42 Å².